The Bertz CT molecular complexity index is 706. The number of hydroxylamine groups is 4. The average molecular weight is 442 g/mol. The van der Waals surface area contributed by atoms with Gasteiger partial charge in [0.2, 0.25) is 0 Å². The monoisotopic (exact) mass is 442 g/mol. The van der Waals surface area contributed by atoms with Crippen LogP contribution in [0.3, 0.4) is 0 Å². The predicted molar refractivity (Wildman–Crippen MR) is 95.5 cm³/mol. The standard InChI is InChI=1S/C17H18N2O11.CH4/c20-10(1-6-16(26)29-18-11(21)2-3-12(18)22)9-28-15(25)7-8-17(27)30-19-13(23)4-5-14(19)24;/h1-9H2;1H4. The number of rotatable bonds is 10. The van der Waals surface area contributed by atoms with Crippen molar-refractivity contribution >= 4 is 47.3 Å². The zero-order valence-corrected chi connectivity index (χ0v) is 15.7. The van der Waals surface area contributed by atoms with E-state index in [9.17, 15) is 38.4 Å². The molecule has 2 saturated heterocycles. The van der Waals surface area contributed by atoms with Crippen LogP contribution in [0.1, 0.15) is 58.8 Å². The fourth-order valence-electron chi connectivity index (χ4n) is 2.36. The molecule has 0 aromatic carbocycles. The van der Waals surface area contributed by atoms with Crippen LogP contribution < -0.4 is 0 Å². The van der Waals surface area contributed by atoms with Crippen molar-refractivity contribution in [1.82, 2.24) is 10.1 Å². The van der Waals surface area contributed by atoms with Crippen molar-refractivity contribution in [3.63, 3.8) is 0 Å². The van der Waals surface area contributed by atoms with Crippen LogP contribution in [0, 0.1) is 0 Å². The lowest BCUT2D eigenvalue weighted by molar-refractivity contribution is -0.197. The van der Waals surface area contributed by atoms with Gasteiger partial charge in [0.1, 0.15) is 6.61 Å². The summed E-state index contributed by atoms with van der Waals surface area (Å²) in [4.78, 5) is 101. The van der Waals surface area contributed by atoms with Gasteiger partial charge < -0.3 is 14.4 Å². The molecule has 0 aromatic rings. The molecule has 170 valence electrons. The van der Waals surface area contributed by atoms with Gasteiger partial charge in [-0.3, -0.25) is 28.8 Å². The van der Waals surface area contributed by atoms with Gasteiger partial charge in [0, 0.05) is 32.1 Å². The van der Waals surface area contributed by atoms with Crippen LogP contribution in [0.4, 0.5) is 0 Å². The van der Waals surface area contributed by atoms with Crippen molar-refractivity contribution in [3.05, 3.63) is 0 Å². The van der Waals surface area contributed by atoms with Crippen molar-refractivity contribution in [1.29, 1.82) is 0 Å². The fraction of sp³-hybridized carbons (Fsp3) is 0.556. The van der Waals surface area contributed by atoms with Crippen LogP contribution >= 0.6 is 0 Å². The molecule has 0 aliphatic carbocycles. The first-order valence-electron chi connectivity index (χ1n) is 8.98. The number of imide groups is 2. The molecule has 2 fully saturated rings. The maximum atomic E-state index is 11.7. The second-order valence-corrected chi connectivity index (χ2v) is 6.29. The zero-order chi connectivity index (χ0) is 22.3. The molecule has 13 nitrogen and oxygen atoms in total. The number of amides is 4. The maximum absolute atomic E-state index is 11.7. The highest BCUT2D eigenvalue weighted by Crippen LogP contribution is 2.14. The molecule has 2 aliphatic rings. The summed E-state index contributed by atoms with van der Waals surface area (Å²) in [5.74, 6) is -6.10. The summed E-state index contributed by atoms with van der Waals surface area (Å²) >= 11 is 0. The molecule has 0 atom stereocenters. The Hall–Kier alpha value is -3.64. The number of hydrogen-bond acceptors (Lipinski definition) is 11. The molecule has 0 bridgehead atoms. The number of esters is 1. The van der Waals surface area contributed by atoms with Crippen LogP contribution in [0.25, 0.3) is 0 Å². The lowest BCUT2D eigenvalue weighted by Crippen LogP contribution is -2.32. The average Bonchev–Trinajstić information content (AvgIpc) is 3.19. The first kappa shape index (κ1) is 25.4. The lowest BCUT2D eigenvalue weighted by atomic mass is 10.2. The fourth-order valence-corrected chi connectivity index (χ4v) is 2.36. The third-order valence-electron chi connectivity index (χ3n) is 3.93. The lowest BCUT2D eigenvalue weighted by Gasteiger charge is -2.12. The molecule has 0 aromatic heterocycles. The van der Waals surface area contributed by atoms with E-state index in [2.05, 4.69) is 14.4 Å². The minimum atomic E-state index is -0.990. The van der Waals surface area contributed by atoms with Crippen LogP contribution in [0.5, 0.6) is 0 Å². The zero-order valence-electron chi connectivity index (χ0n) is 15.7. The maximum Gasteiger partial charge on any atom is 0.333 e. The normalized spacial score (nSPS) is 15.6. The van der Waals surface area contributed by atoms with Crippen molar-refractivity contribution in [2.75, 3.05) is 6.61 Å². The van der Waals surface area contributed by atoms with Gasteiger partial charge in [0.15, 0.2) is 5.78 Å². The summed E-state index contributed by atoms with van der Waals surface area (Å²) < 4.78 is 4.65. The van der Waals surface area contributed by atoms with Gasteiger partial charge in [0.05, 0.1) is 19.3 Å². The summed E-state index contributed by atoms with van der Waals surface area (Å²) in [5.41, 5.74) is 0. The minimum absolute atomic E-state index is 0. The Balaban J connectivity index is 0.00000480. The summed E-state index contributed by atoms with van der Waals surface area (Å²) in [5, 5.41) is 0.703. The summed E-state index contributed by atoms with van der Waals surface area (Å²) in [6.07, 6.45) is -1.96. The molecular weight excluding hydrogens is 420 g/mol. The summed E-state index contributed by atoms with van der Waals surface area (Å²) in [7, 11) is 0. The van der Waals surface area contributed by atoms with E-state index < -0.39 is 73.2 Å². The van der Waals surface area contributed by atoms with E-state index in [0.29, 0.717) is 10.1 Å². The summed E-state index contributed by atoms with van der Waals surface area (Å²) in [6.45, 7) is -0.661. The molecule has 0 saturated carbocycles. The van der Waals surface area contributed by atoms with E-state index in [-0.39, 0.29) is 39.5 Å². The van der Waals surface area contributed by atoms with Crippen molar-refractivity contribution < 1.29 is 52.8 Å². The van der Waals surface area contributed by atoms with Crippen molar-refractivity contribution in [2.45, 2.75) is 58.8 Å². The molecule has 2 aliphatic heterocycles. The Morgan fingerprint density at radius 2 is 0.968 bits per heavy atom. The van der Waals surface area contributed by atoms with Gasteiger partial charge in [-0.2, -0.15) is 0 Å². The Labute approximate surface area is 176 Å². The Morgan fingerprint density at radius 1 is 0.613 bits per heavy atom. The van der Waals surface area contributed by atoms with E-state index in [0.717, 1.165) is 0 Å². The van der Waals surface area contributed by atoms with E-state index in [4.69, 9.17) is 0 Å². The first-order chi connectivity index (χ1) is 14.2. The van der Waals surface area contributed by atoms with Gasteiger partial charge in [0.25, 0.3) is 23.6 Å². The highest BCUT2D eigenvalue weighted by Gasteiger charge is 2.33. The van der Waals surface area contributed by atoms with E-state index in [1.807, 2.05) is 0 Å². The number of nitrogens with zero attached hydrogens (tertiary/aromatic N) is 2. The largest absolute Gasteiger partial charge is 0.458 e. The van der Waals surface area contributed by atoms with Gasteiger partial charge in [-0.25, -0.2) is 9.59 Å². The molecule has 4 amide bonds. The number of carbonyl (C=O) groups is 8. The van der Waals surface area contributed by atoms with E-state index in [1.165, 1.54) is 0 Å². The van der Waals surface area contributed by atoms with Gasteiger partial charge in [-0.15, -0.1) is 10.1 Å². The Kier molecular flexibility index (Phi) is 9.44. The van der Waals surface area contributed by atoms with Crippen LogP contribution in [0.2, 0.25) is 0 Å². The van der Waals surface area contributed by atoms with E-state index in [1.54, 1.807) is 0 Å². The van der Waals surface area contributed by atoms with E-state index >= 15 is 0 Å². The van der Waals surface area contributed by atoms with Crippen molar-refractivity contribution in [3.8, 4) is 0 Å². The molecular formula is C18H22N2O11. The molecule has 0 radical (unpaired) electrons. The first-order valence-corrected chi connectivity index (χ1v) is 8.98. The number of ketones is 1. The quantitative estimate of drug-likeness (QED) is 0.316. The van der Waals surface area contributed by atoms with Crippen LogP contribution in [0.15, 0.2) is 0 Å². The van der Waals surface area contributed by atoms with Gasteiger partial charge in [-0.05, 0) is 0 Å². The molecule has 2 heterocycles. The number of carbonyl (C=O) groups excluding carboxylic acids is 8. The Morgan fingerprint density at radius 3 is 1.39 bits per heavy atom. The molecule has 0 spiro atoms. The third kappa shape index (κ3) is 7.60. The van der Waals surface area contributed by atoms with Crippen molar-refractivity contribution in [2.24, 2.45) is 0 Å². The second-order valence-electron chi connectivity index (χ2n) is 6.29. The second kappa shape index (κ2) is 11.5. The van der Waals surface area contributed by atoms with Crippen LogP contribution in [-0.4, -0.2) is 64.1 Å². The minimum Gasteiger partial charge on any atom is -0.458 e. The molecule has 0 unspecified atom stereocenters. The van der Waals surface area contributed by atoms with Gasteiger partial charge in [-0.1, -0.05) is 7.43 Å². The molecule has 2 rings (SSSR count). The third-order valence-corrected chi connectivity index (χ3v) is 3.93. The molecule has 13 heteroatoms. The molecule has 31 heavy (non-hydrogen) atoms. The number of Topliss-reactive ketones (excluding diaryl/α,β-unsaturated/α-hetero) is 1. The topological polar surface area (TPSA) is 171 Å². The summed E-state index contributed by atoms with van der Waals surface area (Å²) in [6, 6.07) is 0. The predicted octanol–water partition coefficient (Wildman–Crippen LogP) is -0.490. The molecule has 0 N–H and O–H groups in total. The number of ether oxygens (including phenoxy) is 1. The SMILES string of the molecule is C.O=C(CCC(=O)ON1C(=O)CCC1=O)COC(=O)CCC(=O)ON1C(=O)CCC1=O. The van der Waals surface area contributed by atoms with Crippen LogP contribution in [-0.2, 0) is 52.8 Å². The highest BCUT2D eigenvalue weighted by atomic mass is 16.7. The van der Waals surface area contributed by atoms with Gasteiger partial charge >= 0.3 is 17.9 Å². The number of hydrogen-bond donors (Lipinski definition) is 0. The smallest absolute Gasteiger partial charge is 0.333 e. The highest BCUT2D eigenvalue weighted by molar-refractivity contribution is 6.02.